The minimum Gasteiger partial charge on any atom is -0.341 e. The van der Waals surface area contributed by atoms with E-state index in [4.69, 9.17) is 0 Å². The van der Waals surface area contributed by atoms with Crippen LogP contribution in [0.5, 0.6) is 0 Å². The van der Waals surface area contributed by atoms with Crippen molar-refractivity contribution in [3.8, 4) is 0 Å². The van der Waals surface area contributed by atoms with E-state index in [9.17, 15) is 26.4 Å². The van der Waals surface area contributed by atoms with Gasteiger partial charge >= 0.3 is 6.18 Å². The van der Waals surface area contributed by atoms with Crippen molar-refractivity contribution in [3.63, 3.8) is 0 Å². The average Bonchev–Trinajstić information content (AvgIpc) is 3.25. The highest BCUT2D eigenvalue weighted by molar-refractivity contribution is 7.92. The molecule has 0 aromatic carbocycles. The molecule has 2 aliphatic rings. The number of alkyl halides is 3. The lowest BCUT2D eigenvalue weighted by Crippen LogP contribution is -2.58. The first-order chi connectivity index (χ1) is 10.6. The zero-order valence-electron chi connectivity index (χ0n) is 13.6. The number of hydrogen-bond acceptors (Lipinski definition) is 4. The molecular weight excluding hydrogens is 369 g/mol. The lowest BCUT2D eigenvalue weighted by Gasteiger charge is -2.38. The van der Waals surface area contributed by atoms with E-state index in [-0.39, 0.29) is 37.7 Å². The van der Waals surface area contributed by atoms with Gasteiger partial charge in [-0.15, -0.1) is 12.4 Å². The highest BCUT2D eigenvalue weighted by Gasteiger charge is 2.51. The number of piperidine rings is 1. The Bertz CT molecular complexity index is 544. The van der Waals surface area contributed by atoms with Crippen LogP contribution in [0, 0.1) is 5.92 Å². The SMILES string of the molecule is CS(=O)(=O)C1(C(=O)N(CCC(F)(F)F)CC2CC2)CCNCC1.Cl. The Morgan fingerprint density at radius 3 is 2.21 bits per heavy atom. The zero-order chi connectivity index (χ0) is 17.3. The van der Waals surface area contributed by atoms with Crippen LogP contribution in [-0.2, 0) is 14.6 Å². The maximum Gasteiger partial charge on any atom is 0.390 e. The Labute approximate surface area is 146 Å². The van der Waals surface area contributed by atoms with Crippen LogP contribution in [-0.4, -0.2) is 62.6 Å². The van der Waals surface area contributed by atoms with E-state index < -0.39 is 39.6 Å². The quantitative estimate of drug-likeness (QED) is 0.748. The van der Waals surface area contributed by atoms with Crippen molar-refractivity contribution in [2.75, 3.05) is 32.4 Å². The summed E-state index contributed by atoms with van der Waals surface area (Å²) >= 11 is 0. The average molecular weight is 393 g/mol. The van der Waals surface area contributed by atoms with Crippen LogP contribution in [0.25, 0.3) is 0 Å². The molecule has 10 heteroatoms. The molecule has 2 rings (SSSR count). The van der Waals surface area contributed by atoms with Gasteiger partial charge in [0.2, 0.25) is 5.91 Å². The number of carbonyl (C=O) groups is 1. The van der Waals surface area contributed by atoms with Crippen LogP contribution >= 0.6 is 12.4 Å². The molecule has 1 amide bonds. The van der Waals surface area contributed by atoms with Gasteiger partial charge in [0.15, 0.2) is 14.6 Å². The van der Waals surface area contributed by atoms with E-state index >= 15 is 0 Å². The topological polar surface area (TPSA) is 66.5 Å². The van der Waals surface area contributed by atoms with Crippen LogP contribution in [0.1, 0.15) is 32.1 Å². The number of sulfone groups is 1. The number of nitrogens with zero attached hydrogens (tertiary/aromatic N) is 1. The van der Waals surface area contributed by atoms with Crippen molar-refractivity contribution in [1.82, 2.24) is 10.2 Å². The van der Waals surface area contributed by atoms with Crippen LogP contribution in [0.2, 0.25) is 0 Å². The van der Waals surface area contributed by atoms with Gasteiger partial charge < -0.3 is 10.2 Å². The van der Waals surface area contributed by atoms with Gasteiger partial charge in [-0.2, -0.15) is 13.2 Å². The summed E-state index contributed by atoms with van der Waals surface area (Å²) in [6, 6.07) is 0. The molecule has 142 valence electrons. The van der Waals surface area contributed by atoms with Crippen molar-refractivity contribution in [2.45, 2.75) is 43.0 Å². The minimum absolute atomic E-state index is 0. The minimum atomic E-state index is -4.37. The number of rotatable bonds is 6. The Morgan fingerprint density at radius 1 is 1.25 bits per heavy atom. The van der Waals surface area contributed by atoms with Crippen LogP contribution in [0.15, 0.2) is 0 Å². The standard InChI is InChI=1S/C14H23F3N2O3S.ClH/c1-23(21,22)13(4-7-18-8-5-13)12(20)19(10-11-2-3-11)9-6-14(15,16)17;/h11,18H,2-10H2,1H3;1H. The summed E-state index contributed by atoms with van der Waals surface area (Å²) in [6.45, 7) is 0.494. The summed E-state index contributed by atoms with van der Waals surface area (Å²) in [5, 5.41) is 3.00. The lowest BCUT2D eigenvalue weighted by molar-refractivity contribution is -0.147. The van der Waals surface area contributed by atoms with Crippen molar-refractivity contribution < 1.29 is 26.4 Å². The monoisotopic (exact) mass is 392 g/mol. The first-order valence-corrected chi connectivity index (χ1v) is 9.71. The molecule has 0 unspecified atom stereocenters. The molecule has 1 saturated carbocycles. The Morgan fingerprint density at radius 2 is 1.79 bits per heavy atom. The third-order valence-corrected chi connectivity index (χ3v) is 6.64. The lowest BCUT2D eigenvalue weighted by atomic mass is 9.94. The first-order valence-electron chi connectivity index (χ1n) is 7.82. The predicted molar refractivity (Wildman–Crippen MR) is 86.9 cm³/mol. The third-order valence-electron chi connectivity index (χ3n) is 4.64. The van der Waals surface area contributed by atoms with E-state index in [1.807, 2.05) is 0 Å². The largest absolute Gasteiger partial charge is 0.390 e. The van der Waals surface area contributed by atoms with Gasteiger partial charge in [-0.1, -0.05) is 0 Å². The number of carbonyl (C=O) groups excluding carboxylic acids is 1. The van der Waals surface area contributed by atoms with E-state index in [1.54, 1.807) is 0 Å². The third kappa shape index (κ3) is 5.23. The predicted octanol–water partition coefficient (Wildman–Crippen LogP) is 1.77. The van der Waals surface area contributed by atoms with Crippen LogP contribution in [0.3, 0.4) is 0 Å². The molecule has 1 heterocycles. The van der Waals surface area contributed by atoms with Gasteiger partial charge in [0.25, 0.3) is 0 Å². The smallest absolute Gasteiger partial charge is 0.341 e. The summed E-state index contributed by atoms with van der Waals surface area (Å²) in [4.78, 5) is 14.0. The van der Waals surface area contributed by atoms with Crippen molar-refractivity contribution in [3.05, 3.63) is 0 Å². The molecule has 0 atom stereocenters. The Kier molecular flexibility index (Phi) is 6.97. The molecule has 1 N–H and O–H groups in total. The van der Waals surface area contributed by atoms with Crippen LogP contribution in [0.4, 0.5) is 13.2 Å². The van der Waals surface area contributed by atoms with E-state index in [0.717, 1.165) is 24.0 Å². The van der Waals surface area contributed by atoms with Gasteiger partial charge in [-0.3, -0.25) is 4.79 Å². The van der Waals surface area contributed by atoms with Gasteiger partial charge in [-0.25, -0.2) is 8.42 Å². The van der Waals surface area contributed by atoms with Gasteiger partial charge in [-0.05, 0) is 44.7 Å². The fourth-order valence-electron chi connectivity index (χ4n) is 3.01. The maximum atomic E-state index is 12.9. The number of nitrogens with one attached hydrogen (secondary N) is 1. The molecule has 2 fully saturated rings. The molecule has 0 radical (unpaired) electrons. The maximum absolute atomic E-state index is 12.9. The summed E-state index contributed by atoms with van der Waals surface area (Å²) < 4.78 is 60.5. The summed E-state index contributed by atoms with van der Waals surface area (Å²) in [7, 11) is -3.71. The van der Waals surface area contributed by atoms with Crippen molar-refractivity contribution >= 4 is 28.2 Å². The Hall–Kier alpha value is -0.540. The number of amides is 1. The fourth-order valence-corrected chi connectivity index (χ4v) is 4.40. The van der Waals surface area contributed by atoms with Gasteiger partial charge in [0, 0.05) is 19.3 Å². The van der Waals surface area contributed by atoms with E-state index in [2.05, 4.69) is 5.32 Å². The summed E-state index contributed by atoms with van der Waals surface area (Å²) in [6.07, 6.45) is -2.49. The number of halogens is 4. The molecule has 0 bridgehead atoms. The zero-order valence-corrected chi connectivity index (χ0v) is 15.2. The molecule has 1 aliphatic heterocycles. The second kappa shape index (κ2) is 7.78. The normalized spacial score (nSPS) is 21.0. The second-order valence-electron chi connectivity index (χ2n) is 6.58. The van der Waals surface area contributed by atoms with E-state index in [0.29, 0.717) is 13.1 Å². The first kappa shape index (κ1) is 21.5. The second-order valence-corrected chi connectivity index (χ2v) is 8.90. The van der Waals surface area contributed by atoms with Gasteiger partial charge in [0.05, 0.1) is 6.42 Å². The fraction of sp³-hybridized carbons (Fsp3) is 0.929. The molecule has 24 heavy (non-hydrogen) atoms. The van der Waals surface area contributed by atoms with Crippen molar-refractivity contribution in [1.29, 1.82) is 0 Å². The Balaban J connectivity index is 0.00000288. The van der Waals surface area contributed by atoms with E-state index in [1.165, 1.54) is 0 Å². The molecule has 1 saturated heterocycles. The number of hydrogen-bond donors (Lipinski definition) is 1. The molecule has 0 spiro atoms. The summed E-state index contributed by atoms with van der Waals surface area (Å²) in [5.74, 6) is -0.455. The van der Waals surface area contributed by atoms with Crippen LogP contribution < -0.4 is 5.32 Å². The highest BCUT2D eigenvalue weighted by atomic mass is 35.5. The van der Waals surface area contributed by atoms with Crippen molar-refractivity contribution in [2.24, 2.45) is 5.92 Å². The molecule has 0 aromatic rings. The van der Waals surface area contributed by atoms with Gasteiger partial charge in [0.1, 0.15) is 0 Å². The molecule has 0 aromatic heterocycles. The molecule has 5 nitrogen and oxygen atoms in total. The molecular formula is C14H24ClF3N2O3S. The summed E-state index contributed by atoms with van der Waals surface area (Å²) in [5.41, 5.74) is 0. The highest BCUT2D eigenvalue weighted by Crippen LogP contribution is 2.35. The molecule has 1 aliphatic carbocycles.